The molecule has 2 saturated heterocycles. The Morgan fingerprint density at radius 2 is 2.21 bits per heavy atom. The molecule has 1 atom stereocenters. The molecule has 0 saturated carbocycles. The lowest BCUT2D eigenvalue weighted by atomic mass is 9.90. The normalized spacial score (nSPS) is 26.8. The number of aliphatic hydroxyl groups excluding tert-OH is 1. The maximum absolute atomic E-state index is 12.3. The molecule has 7 heteroatoms. The van der Waals surface area contributed by atoms with Crippen LogP contribution in [0.15, 0.2) is 10.6 Å². The molecule has 1 amide bonds. The molecule has 2 N–H and O–H groups in total. The maximum Gasteiger partial charge on any atom is 0.273 e. The van der Waals surface area contributed by atoms with E-state index in [0.29, 0.717) is 24.5 Å². The first-order valence-electron chi connectivity index (χ1n) is 8.76. The van der Waals surface area contributed by atoms with Gasteiger partial charge in [0.2, 0.25) is 0 Å². The second kappa shape index (κ2) is 7.21. The topological polar surface area (TPSA) is 81.8 Å². The molecule has 2 aliphatic rings. The second-order valence-corrected chi connectivity index (χ2v) is 7.67. The zero-order valence-corrected chi connectivity index (χ0v) is 14.6. The van der Waals surface area contributed by atoms with E-state index in [1.54, 1.807) is 6.07 Å². The van der Waals surface area contributed by atoms with E-state index in [0.717, 1.165) is 45.4 Å². The molecule has 2 aliphatic heterocycles. The van der Waals surface area contributed by atoms with Crippen molar-refractivity contribution in [3.05, 3.63) is 17.5 Å². The summed E-state index contributed by atoms with van der Waals surface area (Å²) in [6, 6.07) is 1.73. The monoisotopic (exact) mass is 336 g/mol. The summed E-state index contributed by atoms with van der Waals surface area (Å²) in [5.41, 5.74) is 0.475. The van der Waals surface area contributed by atoms with Crippen LogP contribution in [0.5, 0.6) is 0 Å². The number of piperidine rings is 1. The highest BCUT2D eigenvalue weighted by atomic mass is 16.5. The highest BCUT2D eigenvalue weighted by molar-refractivity contribution is 5.92. The van der Waals surface area contributed by atoms with Crippen molar-refractivity contribution >= 4 is 5.91 Å². The van der Waals surface area contributed by atoms with Crippen molar-refractivity contribution < 1.29 is 14.4 Å². The third kappa shape index (κ3) is 4.34. The van der Waals surface area contributed by atoms with Gasteiger partial charge in [-0.25, -0.2) is 0 Å². The average molecular weight is 336 g/mol. The quantitative estimate of drug-likeness (QED) is 0.824. The number of rotatable bonds is 5. The first kappa shape index (κ1) is 17.4. The Balaban J connectivity index is 1.48. The fourth-order valence-corrected chi connectivity index (χ4v) is 3.59. The molecular weight excluding hydrogens is 308 g/mol. The van der Waals surface area contributed by atoms with Crippen molar-refractivity contribution in [1.29, 1.82) is 0 Å². The number of nitrogens with zero attached hydrogens (tertiary/aromatic N) is 3. The standard InChI is InChI=1S/C17H28N4O3/c1-17(5-8-20(2)12-17)11-18-16(23)15-9-14(24-19-15)10-21-6-3-13(22)4-7-21/h9,13,22H,3-8,10-12H2,1-2H3,(H,18,23). The van der Waals surface area contributed by atoms with Crippen LogP contribution in [-0.2, 0) is 6.54 Å². The summed E-state index contributed by atoms with van der Waals surface area (Å²) in [4.78, 5) is 16.8. The van der Waals surface area contributed by atoms with Crippen LogP contribution in [0, 0.1) is 5.41 Å². The Morgan fingerprint density at radius 3 is 2.88 bits per heavy atom. The largest absolute Gasteiger partial charge is 0.393 e. The summed E-state index contributed by atoms with van der Waals surface area (Å²) in [7, 11) is 2.11. The van der Waals surface area contributed by atoms with Crippen LogP contribution in [0.4, 0.5) is 0 Å². The van der Waals surface area contributed by atoms with Gasteiger partial charge in [0, 0.05) is 32.2 Å². The lowest BCUT2D eigenvalue weighted by Gasteiger charge is -2.28. The van der Waals surface area contributed by atoms with Crippen molar-refractivity contribution in [2.24, 2.45) is 5.41 Å². The van der Waals surface area contributed by atoms with Gasteiger partial charge in [-0.1, -0.05) is 12.1 Å². The van der Waals surface area contributed by atoms with E-state index in [1.165, 1.54) is 0 Å². The number of aliphatic hydroxyl groups is 1. The van der Waals surface area contributed by atoms with Crippen LogP contribution in [0.1, 0.15) is 42.4 Å². The van der Waals surface area contributed by atoms with Crippen molar-refractivity contribution in [3.63, 3.8) is 0 Å². The molecule has 24 heavy (non-hydrogen) atoms. The van der Waals surface area contributed by atoms with E-state index in [9.17, 15) is 9.90 Å². The molecule has 7 nitrogen and oxygen atoms in total. The molecule has 0 aliphatic carbocycles. The summed E-state index contributed by atoms with van der Waals surface area (Å²) in [6.07, 6.45) is 2.48. The van der Waals surface area contributed by atoms with Crippen molar-refractivity contribution in [1.82, 2.24) is 20.3 Å². The SMILES string of the molecule is CN1CCC(C)(CNC(=O)c2cc(CN3CCC(O)CC3)on2)C1. The van der Waals surface area contributed by atoms with Crippen molar-refractivity contribution in [3.8, 4) is 0 Å². The number of hydrogen-bond acceptors (Lipinski definition) is 6. The Kier molecular flexibility index (Phi) is 5.22. The number of amides is 1. The average Bonchev–Trinajstić information content (AvgIpc) is 3.15. The van der Waals surface area contributed by atoms with E-state index in [-0.39, 0.29) is 17.4 Å². The zero-order valence-electron chi connectivity index (χ0n) is 14.6. The minimum absolute atomic E-state index is 0.131. The molecular formula is C17H28N4O3. The van der Waals surface area contributed by atoms with Gasteiger partial charge in [-0.15, -0.1) is 0 Å². The Bertz CT molecular complexity index is 568. The Morgan fingerprint density at radius 1 is 1.46 bits per heavy atom. The molecule has 134 valence electrons. The number of carbonyl (C=O) groups is 1. The number of aromatic nitrogens is 1. The Labute approximate surface area is 143 Å². The minimum atomic E-state index is -0.187. The predicted octanol–water partition coefficient (Wildman–Crippen LogP) is 0.703. The Hall–Kier alpha value is -1.44. The highest BCUT2D eigenvalue weighted by Gasteiger charge is 2.32. The van der Waals surface area contributed by atoms with Gasteiger partial charge in [0.1, 0.15) is 0 Å². The summed E-state index contributed by atoms with van der Waals surface area (Å²) >= 11 is 0. The number of carbonyl (C=O) groups excluding carboxylic acids is 1. The molecule has 1 unspecified atom stereocenters. The van der Waals surface area contributed by atoms with Gasteiger partial charge in [-0.2, -0.15) is 0 Å². The van der Waals surface area contributed by atoms with Crippen LogP contribution in [-0.4, -0.2) is 71.8 Å². The summed E-state index contributed by atoms with van der Waals surface area (Å²) < 4.78 is 5.31. The fraction of sp³-hybridized carbons (Fsp3) is 0.765. The van der Waals surface area contributed by atoms with Gasteiger partial charge in [-0.05, 0) is 38.3 Å². The predicted molar refractivity (Wildman–Crippen MR) is 89.6 cm³/mol. The molecule has 0 bridgehead atoms. The van der Waals surface area contributed by atoms with Gasteiger partial charge in [-0.3, -0.25) is 9.69 Å². The van der Waals surface area contributed by atoms with E-state index in [1.807, 2.05) is 0 Å². The van der Waals surface area contributed by atoms with Crippen molar-refractivity contribution in [2.45, 2.75) is 38.8 Å². The minimum Gasteiger partial charge on any atom is -0.393 e. The molecule has 3 heterocycles. The molecule has 2 fully saturated rings. The van der Waals surface area contributed by atoms with Crippen LogP contribution in [0.2, 0.25) is 0 Å². The fourth-order valence-electron chi connectivity index (χ4n) is 3.59. The van der Waals surface area contributed by atoms with Gasteiger partial charge in [0.05, 0.1) is 12.6 Å². The molecule has 0 radical (unpaired) electrons. The molecule has 1 aromatic heterocycles. The number of hydrogen-bond donors (Lipinski definition) is 2. The smallest absolute Gasteiger partial charge is 0.273 e. The third-order valence-electron chi connectivity index (χ3n) is 5.15. The molecule has 3 rings (SSSR count). The van der Waals surface area contributed by atoms with E-state index >= 15 is 0 Å². The van der Waals surface area contributed by atoms with E-state index in [2.05, 4.69) is 34.2 Å². The highest BCUT2D eigenvalue weighted by Crippen LogP contribution is 2.27. The molecule has 0 aromatic carbocycles. The third-order valence-corrected chi connectivity index (χ3v) is 5.15. The van der Waals surface area contributed by atoms with Crippen LogP contribution >= 0.6 is 0 Å². The number of nitrogens with one attached hydrogen (secondary N) is 1. The van der Waals surface area contributed by atoms with Crippen LogP contribution in [0.3, 0.4) is 0 Å². The number of likely N-dealkylation sites (tertiary alicyclic amines) is 2. The summed E-state index contributed by atoms with van der Waals surface area (Å²) in [5.74, 6) is 0.526. The first-order valence-corrected chi connectivity index (χ1v) is 8.76. The van der Waals surface area contributed by atoms with Gasteiger partial charge in [0.15, 0.2) is 11.5 Å². The van der Waals surface area contributed by atoms with Gasteiger partial charge in [0.25, 0.3) is 5.91 Å². The lowest BCUT2D eigenvalue weighted by molar-refractivity contribution is 0.0748. The van der Waals surface area contributed by atoms with Gasteiger partial charge >= 0.3 is 0 Å². The molecule has 1 aromatic rings. The summed E-state index contributed by atoms with van der Waals surface area (Å²) in [5, 5.41) is 16.4. The lowest BCUT2D eigenvalue weighted by Crippen LogP contribution is -2.37. The first-order chi connectivity index (χ1) is 11.4. The molecule has 0 spiro atoms. The van der Waals surface area contributed by atoms with Gasteiger partial charge < -0.3 is 19.8 Å². The second-order valence-electron chi connectivity index (χ2n) is 7.67. The van der Waals surface area contributed by atoms with Crippen molar-refractivity contribution in [2.75, 3.05) is 39.8 Å². The van der Waals surface area contributed by atoms with Crippen LogP contribution in [0.25, 0.3) is 0 Å². The summed E-state index contributed by atoms with van der Waals surface area (Å²) in [6.45, 7) is 7.25. The van der Waals surface area contributed by atoms with Crippen LogP contribution < -0.4 is 5.32 Å². The maximum atomic E-state index is 12.3. The zero-order chi connectivity index (χ0) is 17.2. The van der Waals surface area contributed by atoms with E-state index in [4.69, 9.17) is 4.52 Å². The van der Waals surface area contributed by atoms with E-state index < -0.39 is 0 Å².